The number of nitrogens with two attached hydrogens (primary N) is 1. The summed E-state index contributed by atoms with van der Waals surface area (Å²) in [4.78, 5) is 16.9. The highest BCUT2D eigenvalue weighted by molar-refractivity contribution is 7.90. The van der Waals surface area contributed by atoms with Crippen molar-refractivity contribution in [2.24, 2.45) is 0 Å². The van der Waals surface area contributed by atoms with Gasteiger partial charge >= 0.3 is 0 Å². The smallest absolute Gasteiger partial charge is 0.148 e. The van der Waals surface area contributed by atoms with Gasteiger partial charge in [0, 0.05) is 58.9 Å². The van der Waals surface area contributed by atoms with E-state index in [0.717, 1.165) is 44.3 Å². The molecule has 10 aromatic rings. The van der Waals surface area contributed by atoms with Gasteiger partial charge in [0.05, 0.1) is 45.7 Å². The van der Waals surface area contributed by atoms with Gasteiger partial charge in [-0.05, 0) is 132 Å². The molecule has 420 valence electrons. The molecule has 0 saturated carbocycles. The molecule has 16 nitrogen and oxygen atoms in total. The summed E-state index contributed by atoms with van der Waals surface area (Å²) in [5, 5.41) is 12.2. The second-order valence-electron chi connectivity index (χ2n) is 18.3. The molecule has 10 rings (SSSR count). The van der Waals surface area contributed by atoms with Gasteiger partial charge in [0.25, 0.3) is 0 Å². The van der Waals surface area contributed by atoms with Crippen molar-refractivity contribution in [3.8, 4) is 34.1 Å². The quantitative estimate of drug-likeness (QED) is 0.0316. The fourth-order valence-corrected chi connectivity index (χ4v) is 9.43. The number of nitrogens with zero attached hydrogens (tertiary/aromatic N) is 4. The van der Waals surface area contributed by atoms with Crippen molar-refractivity contribution in [3.05, 3.63) is 208 Å². The highest BCUT2D eigenvalue weighted by Gasteiger charge is 2.14. The summed E-state index contributed by atoms with van der Waals surface area (Å²) in [5.74, 6) is 3.96. The molecule has 0 aliphatic heterocycles. The third-order valence-electron chi connectivity index (χ3n) is 11.7. The van der Waals surface area contributed by atoms with Gasteiger partial charge in [-0.25, -0.2) is 45.6 Å². The SMILES string of the molecule is CS(=O)(=O)CCNCc1ccc(-c2ccc3ncnc(Cl)c3c2)o1.CS(=O)(=O)CCNCc1ccc(-c2ccc3ncnc(Nc4ccc(OCc5cccc(F)c5)c(Cl)c4)c3c2)o1.Nc1ccc(OCc2cccc(F)c2)c(Cl)c1. The molecule has 81 heavy (non-hydrogen) atoms. The molecular formula is C58H53Cl3F2N8O8S2. The first kappa shape index (κ1) is 59.4. The van der Waals surface area contributed by atoms with Crippen LogP contribution in [0.4, 0.5) is 26.0 Å². The summed E-state index contributed by atoms with van der Waals surface area (Å²) in [6.07, 6.45) is 5.34. The van der Waals surface area contributed by atoms with Gasteiger partial charge < -0.3 is 40.0 Å². The molecule has 4 aromatic heterocycles. The van der Waals surface area contributed by atoms with Crippen LogP contribution in [0.1, 0.15) is 22.6 Å². The highest BCUT2D eigenvalue weighted by atomic mass is 35.5. The van der Waals surface area contributed by atoms with E-state index in [4.69, 9.17) is 58.8 Å². The predicted molar refractivity (Wildman–Crippen MR) is 314 cm³/mol. The summed E-state index contributed by atoms with van der Waals surface area (Å²) in [6, 6.07) is 41.6. The number of hydrogen-bond donors (Lipinski definition) is 4. The Labute approximate surface area is 481 Å². The summed E-state index contributed by atoms with van der Waals surface area (Å²) in [6.45, 7) is 2.07. The molecule has 0 unspecified atom stereocenters. The number of ether oxygens (including phenoxy) is 2. The maximum Gasteiger partial charge on any atom is 0.148 e. The largest absolute Gasteiger partial charge is 0.487 e. The lowest BCUT2D eigenvalue weighted by Crippen LogP contribution is -2.21. The predicted octanol–water partition coefficient (Wildman–Crippen LogP) is 12.5. The number of sulfone groups is 2. The Bertz CT molecular complexity index is 4020. The molecular weight excluding hydrogens is 1150 g/mol. The Hall–Kier alpha value is -7.69. The lowest BCUT2D eigenvalue weighted by molar-refractivity contribution is 0.306. The van der Waals surface area contributed by atoms with E-state index in [9.17, 15) is 25.6 Å². The third-order valence-corrected chi connectivity index (χ3v) is 14.5. The second kappa shape index (κ2) is 27.7. The number of anilines is 3. The first-order valence-electron chi connectivity index (χ1n) is 24.8. The Morgan fingerprint density at radius 3 is 1.58 bits per heavy atom. The van der Waals surface area contributed by atoms with Gasteiger partial charge in [-0.1, -0.05) is 59.1 Å². The molecule has 23 heteroatoms. The molecule has 0 spiro atoms. The van der Waals surface area contributed by atoms with Crippen molar-refractivity contribution in [2.75, 3.05) is 48.2 Å². The van der Waals surface area contributed by atoms with Gasteiger partial charge in [-0.2, -0.15) is 0 Å². The molecule has 0 fully saturated rings. The fraction of sp³-hybridized carbons (Fsp3) is 0.172. The maximum atomic E-state index is 13.4. The van der Waals surface area contributed by atoms with Crippen LogP contribution in [0.15, 0.2) is 167 Å². The first-order chi connectivity index (χ1) is 38.8. The van der Waals surface area contributed by atoms with E-state index in [-0.39, 0.29) is 36.4 Å². The zero-order valence-corrected chi connectivity index (χ0v) is 47.4. The van der Waals surface area contributed by atoms with Crippen molar-refractivity contribution in [1.29, 1.82) is 0 Å². The number of furan rings is 2. The molecule has 0 atom stereocenters. The van der Waals surface area contributed by atoms with Gasteiger partial charge in [0.15, 0.2) is 0 Å². The summed E-state index contributed by atoms with van der Waals surface area (Å²) in [5.41, 5.74) is 11.5. The lowest BCUT2D eigenvalue weighted by Gasteiger charge is -2.12. The van der Waals surface area contributed by atoms with E-state index in [0.29, 0.717) is 92.9 Å². The highest BCUT2D eigenvalue weighted by Crippen LogP contribution is 2.34. The van der Waals surface area contributed by atoms with Crippen LogP contribution < -0.4 is 31.2 Å². The number of nitrogen functional groups attached to an aromatic ring is 1. The molecule has 0 aliphatic carbocycles. The van der Waals surface area contributed by atoms with Crippen LogP contribution in [0.2, 0.25) is 15.2 Å². The second-order valence-corrected chi connectivity index (χ2v) is 24.0. The number of benzene rings is 6. The van der Waals surface area contributed by atoms with E-state index in [1.165, 1.54) is 49.4 Å². The minimum atomic E-state index is -3.02. The lowest BCUT2D eigenvalue weighted by atomic mass is 10.1. The maximum absolute atomic E-state index is 13.4. The average Bonchev–Trinajstić information content (AvgIpc) is 4.18. The zero-order chi connectivity index (χ0) is 57.5. The van der Waals surface area contributed by atoms with Crippen LogP contribution in [0.5, 0.6) is 11.5 Å². The number of aromatic nitrogens is 4. The van der Waals surface area contributed by atoms with Crippen LogP contribution in [0, 0.1) is 11.6 Å². The molecule has 0 amide bonds. The Morgan fingerprint density at radius 2 is 1.06 bits per heavy atom. The molecule has 0 radical (unpaired) electrons. The molecule has 6 aromatic carbocycles. The van der Waals surface area contributed by atoms with Crippen LogP contribution >= 0.6 is 34.8 Å². The van der Waals surface area contributed by atoms with E-state index in [1.807, 2.05) is 66.7 Å². The van der Waals surface area contributed by atoms with Crippen LogP contribution in [0.25, 0.3) is 44.5 Å². The number of hydrogen-bond acceptors (Lipinski definition) is 16. The van der Waals surface area contributed by atoms with Gasteiger partial charge in [0.2, 0.25) is 0 Å². The van der Waals surface area contributed by atoms with E-state index in [1.54, 1.807) is 54.6 Å². The molecule has 5 N–H and O–H groups in total. The van der Waals surface area contributed by atoms with Crippen molar-refractivity contribution in [1.82, 2.24) is 30.6 Å². The normalized spacial score (nSPS) is 11.4. The molecule has 0 saturated heterocycles. The number of fused-ring (bicyclic) bond motifs is 2. The van der Waals surface area contributed by atoms with Crippen molar-refractivity contribution < 1.29 is 43.9 Å². The Morgan fingerprint density at radius 1 is 0.556 bits per heavy atom. The average molecular weight is 1200 g/mol. The Kier molecular flexibility index (Phi) is 20.3. The van der Waals surface area contributed by atoms with Crippen molar-refractivity contribution in [2.45, 2.75) is 26.3 Å². The van der Waals surface area contributed by atoms with Gasteiger partial charge in [0.1, 0.15) is 103 Å². The minimum Gasteiger partial charge on any atom is -0.487 e. The van der Waals surface area contributed by atoms with Gasteiger partial charge in [-0.15, -0.1) is 0 Å². The zero-order valence-electron chi connectivity index (χ0n) is 43.5. The summed E-state index contributed by atoms with van der Waals surface area (Å²) in [7, 11) is -5.98. The van der Waals surface area contributed by atoms with Crippen molar-refractivity contribution >= 4 is 93.5 Å². The third kappa shape index (κ3) is 18.2. The van der Waals surface area contributed by atoms with Crippen molar-refractivity contribution in [3.63, 3.8) is 0 Å². The van der Waals surface area contributed by atoms with E-state index < -0.39 is 19.7 Å². The molecule has 0 aliphatic rings. The van der Waals surface area contributed by atoms with Crippen LogP contribution in [-0.2, 0) is 46.0 Å². The standard InChI is InChI=1S/C29H26ClFN4O4S.C16H16ClN3O3S.C13H11ClFNO/c1-40(36,37)12-11-32-16-23-7-10-27(39-23)20-5-8-26-24(14-20)29(34-18-33-26)35-22-6-9-28(25(30)15-22)38-17-19-3-2-4-21(31)13-19;1-24(21,22)7-6-18-9-12-3-5-15(23-12)11-2-4-14-13(8-11)16(17)20-10-19-14;14-12-7-11(16)4-5-13(12)17-8-9-2-1-3-10(15)6-9/h2-10,13-15,18,32H,11-12,16-17H2,1H3,(H,33,34,35);2-5,8,10,18H,6-7,9H2,1H3;1-7H,8,16H2. The summed E-state index contributed by atoms with van der Waals surface area (Å²) >= 11 is 18.5. The summed E-state index contributed by atoms with van der Waals surface area (Å²) < 4.78 is 94.1. The topological polar surface area (TPSA) is 227 Å². The van der Waals surface area contributed by atoms with E-state index >= 15 is 0 Å². The van der Waals surface area contributed by atoms with Crippen LogP contribution in [0.3, 0.4) is 0 Å². The monoisotopic (exact) mass is 1200 g/mol. The Balaban J connectivity index is 0.000000177. The number of nitrogens with one attached hydrogen (secondary N) is 3. The van der Waals surface area contributed by atoms with Crippen LogP contribution in [-0.4, -0.2) is 73.9 Å². The number of halogens is 5. The fourth-order valence-electron chi connectivity index (χ4n) is 7.72. The molecule has 0 bridgehead atoms. The van der Waals surface area contributed by atoms with Gasteiger partial charge in [-0.3, -0.25) is 0 Å². The number of rotatable bonds is 20. The first-order valence-corrected chi connectivity index (χ1v) is 30.0. The minimum absolute atomic E-state index is 0.0664. The van der Waals surface area contributed by atoms with E-state index in [2.05, 4.69) is 35.9 Å². The molecule has 4 heterocycles.